The van der Waals surface area contributed by atoms with Crippen LogP contribution >= 0.6 is 0 Å². The molecule has 0 aliphatic heterocycles. The van der Waals surface area contributed by atoms with Crippen molar-refractivity contribution in [1.29, 1.82) is 0 Å². The number of hydrogen-bond donors (Lipinski definition) is 2. The van der Waals surface area contributed by atoms with Gasteiger partial charge in [-0.2, -0.15) is 0 Å². The van der Waals surface area contributed by atoms with Crippen molar-refractivity contribution in [2.75, 3.05) is 12.9 Å². The van der Waals surface area contributed by atoms with E-state index in [4.69, 9.17) is 4.74 Å². The van der Waals surface area contributed by atoms with Gasteiger partial charge >= 0.3 is 11.9 Å². The molecule has 1 saturated carbocycles. The van der Waals surface area contributed by atoms with Crippen molar-refractivity contribution in [1.82, 2.24) is 0 Å². The maximum Gasteiger partial charge on any atom is 0.320 e. The predicted octanol–water partition coefficient (Wildman–Crippen LogP) is 1.39. The molecular weight excluding hydrogens is 400 g/mol. The molecule has 0 aromatic carbocycles. The third-order valence-electron chi connectivity index (χ3n) is 5.40. The number of hydrogen-bond acceptors (Lipinski definition) is 8. The van der Waals surface area contributed by atoms with Crippen molar-refractivity contribution in [3.05, 3.63) is 12.2 Å². The molecule has 6 atom stereocenters. The zero-order chi connectivity index (χ0) is 22.2. The van der Waals surface area contributed by atoms with E-state index in [-0.39, 0.29) is 18.0 Å². The molecule has 1 fully saturated rings. The van der Waals surface area contributed by atoms with Crippen LogP contribution in [0.1, 0.15) is 52.9 Å². The molecule has 1 aliphatic carbocycles. The quantitative estimate of drug-likeness (QED) is 0.284. The number of methoxy groups -OCH3 is 1. The number of unbranched alkanes of at least 4 members (excludes halogenated alkanes) is 1. The molecule has 0 spiro atoms. The highest BCUT2D eigenvalue weighted by Crippen LogP contribution is 2.37. The monoisotopic (exact) mass is 434 g/mol. The van der Waals surface area contributed by atoms with Crippen LogP contribution in [0.25, 0.3) is 0 Å². The van der Waals surface area contributed by atoms with Crippen LogP contribution in [0.4, 0.5) is 0 Å². The van der Waals surface area contributed by atoms with Crippen LogP contribution in [-0.2, 0) is 28.9 Å². The van der Waals surface area contributed by atoms with E-state index in [9.17, 15) is 28.2 Å². The Bertz CT molecular complexity index is 672. The summed E-state index contributed by atoms with van der Waals surface area (Å²) in [5.41, 5.74) is 0. The van der Waals surface area contributed by atoms with Gasteiger partial charge in [0.15, 0.2) is 9.84 Å². The number of sulfone groups is 1. The van der Waals surface area contributed by atoms with Gasteiger partial charge < -0.3 is 19.7 Å². The minimum absolute atomic E-state index is 0.148. The van der Waals surface area contributed by atoms with Gasteiger partial charge in [-0.15, -0.1) is 0 Å². The highest BCUT2D eigenvalue weighted by Gasteiger charge is 2.42. The molecule has 8 nitrogen and oxygen atoms in total. The van der Waals surface area contributed by atoms with E-state index in [2.05, 4.69) is 4.74 Å². The summed E-state index contributed by atoms with van der Waals surface area (Å²) in [7, 11) is -2.76. The van der Waals surface area contributed by atoms with Gasteiger partial charge in [0.25, 0.3) is 0 Å². The summed E-state index contributed by atoms with van der Waals surface area (Å²) in [6.07, 6.45) is 4.97. The van der Waals surface area contributed by atoms with Crippen molar-refractivity contribution in [3.8, 4) is 0 Å². The van der Waals surface area contributed by atoms with E-state index in [1.165, 1.54) is 13.8 Å². The van der Waals surface area contributed by atoms with Crippen LogP contribution in [-0.4, -0.2) is 67.0 Å². The number of aliphatic hydroxyl groups is 2. The molecule has 0 bridgehead atoms. The van der Waals surface area contributed by atoms with Gasteiger partial charge in [-0.25, -0.2) is 8.42 Å². The molecule has 0 saturated heterocycles. The molecule has 29 heavy (non-hydrogen) atoms. The molecule has 0 heterocycles. The first-order valence-electron chi connectivity index (χ1n) is 9.96. The second kappa shape index (κ2) is 11.7. The minimum atomic E-state index is -3.87. The van der Waals surface area contributed by atoms with Crippen molar-refractivity contribution < 1.29 is 37.7 Å². The Morgan fingerprint density at radius 2 is 1.90 bits per heavy atom. The molecule has 9 heteroatoms. The normalized spacial score (nSPS) is 25.5. The van der Waals surface area contributed by atoms with Crippen LogP contribution < -0.4 is 0 Å². The van der Waals surface area contributed by atoms with E-state index in [0.717, 1.165) is 26.4 Å². The number of carbonyl (C=O) groups is 2. The first-order valence-corrected chi connectivity index (χ1v) is 11.7. The lowest BCUT2D eigenvalue weighted by Gasteiger charge is -2.27. The van der Waals surface area contributed by atoms with Gasteiger partial charge in [0.2, 0.25) is 0 Å². The molecule has 0 aromatic heterocycles. The zero-order valence-electron chi connectivity index (χ0n) is 17.6. The summed E-state index contributed by atoms with van der Waals surface area (Å²) in [5.74, 6) is -2.51. The molecule has 5 unspecified atom stereocenters. The van der Waals surface area contributed by atoms with Gasteiger partial charge in [0, 0.05) is 6.92 Å². The fraction of sp³-hybridized carbons (Fsp3) is 0.800. The molecular formula is C20H34O8S. The molecule has 168 valence electrons. The average molecular weight is 435 g/mol. The van der Waals surface area contributed by atoms with Crippen LogP contribution in [0.2, 0.25) is 0 Å². The molecule has 0 radical (unpaired) electrons. The number of carbonyl (C=O) groups excluding carboxylic acids is 2. The number of aliphatic hydroxyl groups excluding tert-OH is 2. The van der Waals surface area contributed by atoms with E-state index in [1.54, 1.807) is 0 Å². The van der Waals surface area contributed by atoms with E-state index >= 15 is 0 Å². The maximum atomic E-state index is 12.3. The lowest BCUT2D eigenvalue weighted by atomic mass is 9.88. The first-order chi connectivity index (χ1) is 13.5. The lowest BCUT2D eigenvalue weighted by molar-refractivity contribution is -0.145. The SMILES string of the molecule is COC(=O)CS(=O)(=O)C(C)C(O)C1CC(O)CC1/C=C/CCC[C@H](C)OC(C)=O. The number of rotatable bonds is 11. The van der Waals surface area contributed by atoms with Gasteiger partial charge in [-0.1, -0.05) is 12.2 Å². The van der Waals surface area contributed by atoms with Gasteiger partial charge in [0.05, 0.1) is 30.7 Å². The summed E-state index contributed by atoms with van der Waals surface area (Å²) < 4.78 is 34.2. The van der Waals surface area contributed by atoms with Crippen LogP contribution in [0.3, 0.4) is 0 Å². The standard InChI is InChI=1S/C20H34O8S/c1-13(28-15(3)21)8-6-5-7-9-16-10-17(22)11-18(16)20(24)14(2)29(25,26)12-19(23)27-4/h7,9,13-14,16-18,20,22,24H,5-6,8,10-12H2,1-4H3/b9-7+/t13-,14?,16?,17?,18?,20?/m0/s1. The van der Waals surface area contributed by atoms with Crippen molar-refractivity contribution >= 4 is 21.8 Å². The Balaban J connectivity index is 2.65. The smallest absolute Gasteiger partial charge is 0.320 e. The highest BCUT2D eigenvalue weighted by atomic mass is 32.2. The topological polar surface area (TPSA) is 127 Å². The second-order valence-corrected chi connectivity index (χ2v) is 10.2. The summed E-state index contributed by atoms with van der Waals surface area (Å²) in [6.45, 7) is 4.59. The fourth-order valence-electron chi connectivity index (χ4n) is 3.74. The predicted molar refractivity (Wildman–Crippen MR) is 108 cm³/mol. The second-order valence-electron chi connectivity index (χ2n) is 7.81. The maximum absolute atomic E-state index is 12.3. The Morgan fingerprint density at radius 3 is 2.48 bits per heavy atom. The summed E-state index contributed by atoms with van der Waals surface area (Å²) in [5, 5.41) is 19.5. The summed E-state index contributed by atoms with van der Waals surface area (Å²) >= 11 is 0. The molecule has 2 N–H and O–H groups in total. The molecule has 1 rings (SSSR count). The molecule has 1 aliphatic rings. The van der Waals surface area contributed by atoms with E-state index in [0.29, 0.717) is 12.8 Å². The van der Waals surface area contributed by atoms with Gasteiger partial charge in [-0.05, 0) is 57.8 Å². The third-order valence-corrected chi connectivity index (χ3v) is 7.45. The summed E-state index contributed by atoms with van der Waals surface area (Å²) in [4.78, 5) is 22.2. The zero-order valence-corrected chi connectivity index (χ0v) is 18.4. The van der Waals surface area contributed by atoms with Crippen molar-refractivity contribution in [2.45, 2.75) is 76.4 Å². The molecule has 0 amide bonds. The fourth-order valence-corrected chi connectivity index (χ4v) is 5.08. The van der Waals surface area contributed by atoms with Gasteiger partial charge in [0.1, 0.15) is 5.75 Å². The Labute approximate surface area is 173 Å². The van der Waals surface area contributed by atoms with E-state index < -0.39 is 44.9 Å². The largest absolute Gasteiger partial charge is 0.468 e. The van der Waals surface area contributed by atoms with Crippen molar-refractivity contribution in [2.24, 2.45) is 11.8 Å². The Kier molecular flexibility index (Phi) is 10.3. The van der Waals surface area contributed by atoms with Crippen LogP contribution in [0, 0.1) is 11.8 Å². The number of ether oxygens (including phenoxy) is 2. The highest BCUT2D eigenvalue weighted by molar-refractivity contribution is 7.92. The van der Waals surface area contributed by atoms with E-state index in [1.807, 2.05) is 19.1 Å². The first kappa shape index (κ1) is 25.6. The minimum Gasteiger partial charge on any atom is -0.468 e. The van der Waals surface area contributed by atoms with Gasteiger partial charge in [-0.3, -0.25) is 9.59 Å². The number of allylic oxidation sites excluding steroid dienone is 2. The third kappa shape index (κ3) is 8.44. The van der Waals surface area contributed by atoms with Crippen molar-refractivity contribution in [3.63, 3.8) is 0 Å². The van der Waals surface area contributed by atoms with Crippen LogP contribution in [0.15, 0.2) is 12.2 Å². The molecule has 0 aromatic rings. The lowest BCUT2D eigenvalue weighted by Crippen LogP contribution is -2.41. The summed E-state index contributed by atoms with van der Waals surface area (Å²) in [6, 6.07) is 0. The Hall–Kier alpha value is -1.45. The Morgan fingerprint density at radius 1 is 1.24 bits per heavy atom. The number of esters is 2. The average Bonchev–Trinajstić information content (AvgIpc) is 2.99. The van der Waals surface area contributed by atoms with Crippen LogP contribution in [0.5, 0.6) is 0 Å².